The molecule has 4 nitrogen and oxygen atoms in total. The molecule has 0 radical (unpaired) electrons. The van der Waals surface area contributed by atoms with E-state index in [4.69, 9.17) is 25.8 Å². The zero-order valence-corrected chi connectivity index (χ0v) is 18.1. The molecule has 0 aliphatic heterocycles. The van der Waals surface area contributed by atoms with Crippen molar-refractivity contribution in [2.75, 3.05) is 27.9 Å². The van der Waals surface area contributed by atoms with Crippen LogP contribution >= 0.6 is 27.5 Å². The number of benzene rings is 2. The average Bonchev–Trinajstić information content (AvgIpc) is 2.69. The van der Waals surface area contributed by atoms with Crippen LogP contribution in [0.4, 0.5) is 0 Å². The number of aryl methyl sites for hydroxylation is 1. The maximum absolute atomic E-state index is 6.25. The summed E-state index contributed by atoms with van der Waals surface area (Å²) < 4.78 is 17.2. The molecule has 1 aliphatic rings. The SMILES string of the molecule is COc1cc([C@H]2c3ccc(Br)cc3CC[C@@H]2NCC(OC)OC)ccc1Cl. The van der Waals surface area contributed by atoms with Gasteiger partial charge in [-0.15, -0.1) is 0 Å². The van der Waals surface area contributed by atoms with Gasteiger partial charge >= 0.3 is 0 Å². The van der Waals surface area contributed by atoms with Crippen molar-refractivity contribution in [3.63, 3.8) is 0 Å². The molecule has 2 aromatic rings. The van der Waals surface area contributed by atoms with Crippen LogP contribution < -0.4 is 10.1 Å². The molecule has 2 aromatic carbocycles. The normalized spacial score (nSPS) is 19.2. The van der Waals surface area contributed by atoms with Crippen molar-refractivity contribution in [1.82, 2.24) is 5.32 Å². The highest BCUT2D eigenvalue weighted by molar-refractivity contribution is 9.10. The van der Waals surface area contributed by atoms with E-state index in [1.807, 2.05) is 12.1 Å². The van der Waals surface area contributed by atoms with E-state index in [1.54, 1.807) is 21.3 Å². The largest absolute Gasteiger partial charge is 0.495 e. The van der Waals surface area contributed by atoms with Crippen LogP contribution in [0.5, 0.6) is 5.75 Å². The molecular formula is C21H25BrClNO3. The Morgan fingerprint density at radius 2 is 1.93 bits per heavy atom. The Kier molecular flexibility index (Phi) is 7.17. The second-order valence-corrected chi connectivity index (χ2v) is 7.99. The minimum absolute atomic E-state index is 0.197. The summed E-state index contributed by atoms with van der Waals surface area (Å²) in [6.45, 7) is 0.630. The molecule has 0 bridgehead atoms. The highest BCUT2D eigenvalue weighted by Gasteiger charge is 2.31. The minimum atomic E-state index is -0.267. The molecule has 0 amide bonds. The van der Waals surface area contributed by atoms with Crippen molar-refractivity contribution in [2.45, 2.75) is 31.1 Å². The van der Waals surface area contributed by atoms with Gasteiger partial charge in [-0.25, -0.2) is 0 Å². The first-order valence-electron chi connectivity index (χ1n) is 8.98. The molecule has 0 unspecified atom stereocenters. The predicted molar refractivity (Wildman–Crippen MR) is 112 cm³/mol. The Morgan fingerprint density at radius 3 is 2.63 bits per heavy atom. The van der Waals surface area contributed by atoms with Gasteiger partial charge < -0.3 is 19.5 Å². The van der Waals surface area contributed by atoms with Crippen LogP contribution in [0.1, 0.15) is 29.0 Å². The van der Waals surface area contributed by atoms with Gasteiger partial charge in [0.05, 0.1) is 12.1 Å². The Balaban J connectivity index is 1.97. The lowest BCUT2D eigenvalue weighted by Crippen LogP contribution is -2.43. The third-order valence-corrected chi connectivity index (χ3v) is 5.98. The van der Waals surface area contributed by atoms with E-state index in [9.17, 15) is 0 Å². The van der Waals surface area contributed by atoms with E-state index in [-0.39, 0.29) is 18.2 Å². The molecule has 6 heteroatoms. The van der Waals surface area contributed by atoms with E-state index >= 15 is 0 Å². The minimum Gasteiger partial charge on any atom is -0.495 e. The smallest absolute Gasteiger partial charge is 0.169 e. The van der Waals surface area contributed by atoms with Crippen molar-refractivity contribution >= 4 is 27.5 Å². The molecule has 0 spiro atoms. The van der Waals surface area contributed by atoms with E-state index in [2.05, 4.69) is 45.5 Å². The van der Waals surface area contributed by atoms with Crippen LogP contribution in [0, 0.1) is 0 Å². The van der Waals surface area contributed by atoms with Crippen LogP contribution in [0.25, 0.3) is 0 Å². The quantitative estimate of drug-likeness (QED) is 0.612. The molecule has 146 valence electrons. The van der Waals surface area contributed by atoms with Crippen molar-refractivity contribution in [3.8, 4) is 5.75 Å². The van der Waals surface area contributed by atoms with Crippen LogP contribution in [0.15, 0.2) is 40.9 Å². The zero-order chi connectivity index (χ0) is 19.4. The zero-order valence-electron chi connectivity index (χ0n) is 15.8. The maximum atomic E-state index is 6.25. The summed E-state index contributed by atoms with van der Waals surface area (Å²) in [4.78, 5) is 0. The summed E-state index contributed by atoms with van der Waals surface area (Å²) in [7, 11) is 4.96. The first kappa shape index (κ1) is 20.6. The summed E-state index contributed by atoms with van der Waals surface area (Å²) in [5.41, 5.74) is 3.89. The highest BCUT2D eigenvalue weighted by atomic mass is 79.9. The number of methoxy groups -OCH3 is 3. The Hall–Kier alpha value is -1.11. The lowest BCUT2D eigenvalue weighted by atomic mass is 9.75. The van der Waals surface area contributed by atoms with Gasteiger partial charge in [0.1, 0.15) is 5.75 Å². The Bertz CT molecular complexity index is 782. The van der Waals surface area contributed by atoms with Gasteiger partial charge in [-0.05, 0) is 53.8 Å². The summed E-state index contributed by atoms with van der Waals surface area (Å²) in [5.74, 6) is 0.895. The second kappa shape index (κ2) is 9.39. The number of ether oxygens (including phenoxy) is 3. The van der Waals surface area contributed by atoms with Crippen LogP contribution in [0.2, 0.25) is 5.02 Å². The van der Waals surface area contributed by atoms with Crippen molar-refractivity contribution < 1.29 is 14.2 Å². The molecule has 3 rings (SSSR count). The molecule has 1 aliphatic carbocycles. The van der Waals surface area contributed by atoms with Crippen molar-refractivity contribution in [3.05, 3.63) is 62.6 Å². The van der Waals surface area contributed by atoms with E-state index in [0.29, 0.717) is 17.3 Å². The first-order chi connectivity index (χ1) is 13.1. The van der Waals surface area contributed by atoms with E-state index in [1.165, 1.54) is 16.7 Å². The maximum Gasteiger partial charge on any atom is 0.169 e. The fourth-order valence-electron chi connectivity index (χ4n) is 3.80. The molecule has 2 atom stereocenters. The molecule has 27 heavy (non-hydrogen) atoms. The summed E-state index contributed by atoms with van der Waals surface area (Å²) in [6.07, 6.45) is 1.79. The summed E-state index contributed by atoms with van der Waals surface area (Å²) in [6, 6.07) is 12.8. The third kappa shape index (κ3) is 4.66. The number of nitrogens with one attached hydrogen (secondary N) is 1. The average molecular weight is 455 g/mol. The third-order valence-electron chi connectivity index (χ3n) is 5.17. The second-order valence-electron chi connectivity index (χ2n) is 6.67. The van der Waals surface area contributed by atoms with Gasteiger partial charge in [0.2, 0.25) is 0 Å². The van der Waals surface area contributed by atoms with E-state index < -0.39 is 0 Å². The monoisotopic (exact) mass is 453 g/mol. The lowest BCUT2D eigenvalue weighted by Gasteiger charge is -2.36. The van der Waals surface area contributed by atoms with Gasteiger partial charge in [-0.3, -0.25) is 0 Å². The first-order valence-corrected chi connectivity index (χ1v) is 10.1. The summed E-state index contributed by atoms with van der Waals surface area (Å²) in [5, 5.41) is 4.27. The van der Waals surface area contributed by atoms with Crippen molar-refractivity contribution in [2.24, 2.45) is 0 Å². The molecule has 0 saturated carbocycles. The van der Waals surface area contributed by atoms with E-state index in [0.717, 1.165) is 17.3 Å². The molecule has 0 heterocycles. The van der Waals surface area contributed by atoms with Crippen LogP contribution in [-0.2, 0) is 15.9 Å². The number of halogens is 2. The number of fused-ring (bicyclic) bond motifs is 1. The van der Waals surface area contributed by atoms with Gasteiger partial charge in [-0.2, -0.15) is 0 Å². The topological polar surface area (TPSA) is 39.7 Å². The molecule has 0 saturated heterocycles. The lowest BCUT2D eigenvalue weighted by molar-refractivity contribution is -0.100. The number of hydrogen-bond acceptors (Lipinski definition) is 4. The molecular weight excluding hydrogens is 430 g/mol. The van der Waals surface area contributed by atoms with Gasteiger partial charge in [-0.1, -0.05) is 39.7 Å². The fourth-order valence-corrected chi connectivity index (χ4v) is 4.40. The molecule has 0 aromatic heterocycles. The fraction of sp³-hybridized carbons (Fsp3) is 0.429. The van der Waals surface area contributed by atoms with Gasteiger partial charge in [0.25, 0.3) is 0 Å². The Morgan fingerprint density at radius 1 is 1.15 bits per heavy atom. The molecule has 1 N–H and O–H groups in total. The van der Waals surface area contributed by atoms with Gasteiger partial charge in [0, 0.05) is 37.2 Å². The Labute approximate surface area is 174 Å². The van der Waals surface area contributed by atoms with Crippen molar-refractivity contribution in [1.29, 1.82) is 0 Å². The molecule has 0 fully saturated rings. The van der Waals surface area contributed by atoms with Crippen LogP contribution in [0.3, 0.4) is 0 Å². The standard InChI is InChI=1S/C21H25BrClNO3/c1-25-19-11-14(4-8-17(19)23)21-16-7-6-15(22)10-13(16)5-9-18(21)24-12-20(26-2)27-3/h4,6-8,10-11,18,20-21,24H,5,9,12H2,1-3H3/t18-,21-/m0/s1. The highest BCUT2D eigenvalue weighted by Crippen LogP contribution is 2.40. The number of hydrogen-bond donors (Lipinski definition) is 1. The summed E-state index contributed by atoms with van der Waals surface area (Å²) >= 11 is 9.85. The number of rotatable bonds is 7. The van der Waals surface area contributed by atoms with Gasteiger partial charge in [0.15, 0.2) is 6.29 Å². The van der Waals surface area contributed by atoms with Crippen LogP contribution in [-0.4, -0.2) is 40.2 Å². The predicted octanol–water partition coefficient (Wildman–Crippen LogP) is 4.77.